The van der Waals surface area contributed by atoms with Crippen LogP contribution in [-0.4, -0.2) is 43.2 Å². The van der Waals surface area contributed by atoms with Gasteiger partial charge in [0.1, 0.15) is 0 Å². The van der Waals surface area contributed by atoms with Crippen LogP contribution in [0.15, 0.2) is 53.8 Å². The number of pyridine rings is 1. The Kier molecular flexibility index (Phi) is 4.34. The minimum atomic E-state index is -1.23. The van der Waals surface area contributed by atoms with Crippen molar-refractivity contribution in [2.24, 2.45) is 0 Å². The van der Waals surface area contributed by atoms with Gasteiger partial charge < -0.3 is 14.8 Å². The van der Waals surface area contributed by atoms with E-state index < -0.39 is 12.0 Å². The van der Waals surface area contributed by atoms with Crippen molar-refractivity contribution in [1.82, 2.24) is 19.5 Å². The standard InChI is InChI=1S/C18H16N4O3S/c23-16(11-26-18-20-19-15-7-3-4-8-21(15)18)22-10-13-6-2-1-5-12(13)9-14(22)17(24)25/h1-8,14H,9-11H2,(H,24,25)/p-1/t14-/m1/s1. The molecule has 0 aliphatic carbocycles. The highest BCUT2D eigenvalue weighted by Gasteiger charge is 2.30. The third-order valence-corrected chi connectivity index (χ3v) is 5.38. The van der Waals surface area contributed by atoms with E-state index in [1.54, 1.807) is 4.40 Å². The van der Waals surface area contributed by atoms with E-state index in [2.05, 4.69) is 10.2 Å². The molecule has 4 rings (SSSR count). The van der Waals surface area contributed by atoms with E-state index in [-0.39, 0.29) is 24.6 Å². The Hall–Kier alpha value is -2.87. The highest BCUT2D eigenvalue weighted by atomic mass is 32.2. The molecule has 1 aliphatic rings. The highest BCUT2D eigenvalue weighted by molar-refractivity contribution is 7.99. The van der Waals surface area contributed by atoms with E-state index in [1.165, 1.54) is 16.7 Å². The summed E-state index contributed by atoms with van der Waals surface area (Å²) in [4.78, 5) is 25.6. The summed E-state index contributed by atoms with van der Waals surface area (Å²) in [7, 11) is 0. The molecule has 1 amide bonds. The summed E-state index contributed by atoms with van der Waals surface area (Å²) in [6.45, 7) is 0.273. The van der Waals surface area contributed by atoms with Crippen LogP contribution in [-0.2, 0) is 22.6 Å². The number of benzene rings is 1. The first kappa shape index (κ1) is 16.6. The Labute approximate surface area is 153 Å². The van der Waals surface area contributed by atoms with E-state index in [0.29, 0.717) is 10.8 Å². The second-order valence-electron chi connectivity index (χ2n) is 6.03. The Morgan fingerprint density at radius 3 is 2.69 bits per heavy atom. The zero-order chi connectivity index (χ0) is 18.1. The van der Waals surface area contributed by atoms with E-state index in [1.807, 2.05) is 48.7 Å². The number of hydrogen-bond donors (Lipinski definition) is 0. The number of amides is 1. The topological polar surface area (TPSA) is 90.6 Å². The molecule has 0 radical (unpaired) electrons. The van der Waals surface area contributed by atoms with Gasteiger partial charge in [-0.25, -0.2) is 0 Å². The summed E-state index contributed by atoms with van der Waals surface area (Å²) in [6, 6.07) is 12.2. The molecular weight excluding hydrogens is 352 g/mol. The molecule has 132 valence electrons. The lowest BCUT2D eigenvalue weighted by molar-refractivity contribution is -0.311. The molecule has 0 saturated heterocycles. The molecule has 0 unspecified atom stereocenters. The smallest absolute Gasteiger partial charge is 0.233 e. The van der Waals surface area contributed by atoms with Crippen molar-refractivity contribution in [2.75, 3.05) is 5.75 Å². The quantitative estimate of drug-likeness (QED) is 0.625. The normalized spacial score (nSPS) is 16.5. The summed E-state index contributed by atoms with van der Waals surface area (Å²) < 4.78 is 1.79. The summed E-state index contributed by atoms with van der Waals surface area (Å²) in [5, 5.41) is 20.3. The first-order valence-electron chi connectivity index (χ1n) is 8.13. The molecule has 0 fully saturated rings. The van der Waals surface area contributed by atoms with E-state index in [4.69, 9.17) is 0 Å². The number of nitrogens with zero attached hydrogens (tertiary/aromatic N) is 4. The zero-order valence-corrected chi connectivity index (χ0v) is 14.6. The minimum Gasteiger partial charge on any atom is -0.548 e. The van der Waals surface area contributed by atoms with Crippen LogP contribution in [0.4, 0.5) is 0 Å². The number of fused-ring (bicyclic) bond motifs is 2. The number of aliphatic carboxylic acids is 1. The van der Waals surface area contributed by atoms with Crippen LogP contribution in [0, 0.1) is 0 Å². The second kappa shape index (κ2) is 6.80. The monoisotopic (exact) mass is 367 g/mol. The summed E-state index contributed by atoms with van der Waals surface area (Å²) >= 11 is 1.24. The van der Waals surface area contributed by atoms with Crippen LogP contribution in [0.1, 0.15) is 11.1 Å². The number of carboxylic acids is 1. The van der Waals surface area contributed by atoms with E-state index >= 15 is 0 Å². The molecule has 1 atom stereocenters. The Balaban J connectivity index is 1.52. The largest absolute Gasteiger partial charge is 0.548 e. The molecule has 8 heteroatoms. The Morgan fingerprint density at radius 2 is 1.88 bits per heavy atom. The highest BCUT2D eigenvalue weighted by Crippen LogP contribution is 2.25. The molecule has 26 heavy (non-hydrogen) atoms. The maximum absolute atomic E-state index is 12.7. The number of thioether (sulfide) groups is 1. The van der Waals surface area contributed by atoms with Crippen LogP contribution < -0.4 is 5.11 Å². The fraction of sp³-hybridized carbons (Fsp3) is 0.222. The van der Waals surface area contributed by atoms with E-state index in [0.717, 1.165) is 11.1 Å². The van der Waals surface area contributed by atoms with Crippen molar-refractivity contribution < 1.29 is 14.7 Å². The average Bonchev–Trinajstić information content (AvgIpc) is 3.08. The van der Waals surface area contributed by atoms with Crippen molar-refractivity contribution in [3.05, 3.63) is 59.8 Å². The number of rotatable bonds is 4. The van der Waals surface area contributed by atoms with Gasteiger partial charge in [-0.2, -0.15) is 0 Å². The third-order valence-electron chi connectivity index (χ3n) is 4.45. The minimum absolute atomic E-state index is 0.0850. The molecule has 3 heterocycles. The predicted octanol–water partition coefficient (Wildman–Crippen LogP) is 0.525. The van der Waals surface area contributed by atoms with Crippen molar-refractivity contribution in [1.29, 1.82) is 0 Å². The summed E-state index contributed by atoms with van der Waals surface area (Å²) in [5.41, 5.74) is 2.61. The lowest BCUT2D eigenvalue weighted by Gasteiger charge is -2.37. The zero-order valence-electron chi connectivity index (χ0n) is 13.7. The van der Waals surface area contributed by atoms with Gasteiger partial charge in [-0.05, 0) is 29.7 Å². The summed E-state index contributed by atoms with van der Waals surface area (Å²) in [5.74, 6) is -1.40. The SMILES string of the molecule is O=C([O-])[C@H]1Cc2ccccc2CN1C(=O)CSc1nnc2ccccn12. The Bertz CT molecular complexity index is 987. The number of aromatic nitrogens is 3. The molecular formula is C18H15N4O3S-. The van der Waals surface area contributed by atoms with Crippen LogP contribution >= 0.6 is 11.8 Å². The van der Waals surface area contributed by atoms with Crippen molar-refractivity contribution in [2.45, 2.75) is 24.2 Å². The maximum atomic E-state index is 12.7. The lowest BCUT2D eigenvalue weighted by Crippen LogP contribution is -2.54. The molecule has 1 aliphatic heterocycles. The molecule has 0 saturated carbocycles. The molecule has 0 bridgehead atoms. The van der Waals surface area contributed by atoms with Crippen LogP contribution in [0.2, 0.25) is 0 Å². The van der Waals surface area contributed by atoms with Gasteiger partial charge in [-0.1, -0.05) is 42.1 Å². The number of carbonyl (C=O) groups excluding carboxylic acids is 2. The van der Waals surface area contributed by atoms with Gasteiger partial charge in [-0.15, -0.1) is 10.2 Å². The van der Waals surface area contributed by atoms with Gasteiger partial charge >= 0.3 is 0 Å². The Morgan fingerprint density at radius 1 is 1.12 bits per heavy atom. The fourth-order valence-corrected chi connectivity index (χ4v) is 3.93. The summed E-state index contributed by atoms with van der Waals surface area (Å²) in [6.07, 6.45) is 2.09. The van der Waals surface area contributed by atoms with Gasteiger partial charge in [0.2, 0.25) is 5.91 Å². The molecule has 2 aromatic heterocycles. The molecule has 1 aromatic carbocycles. The van der Waals surface area contributed by atoms with Crippen LogP contribution in [0.5, 0.6) is 0 Å². The number of carbonyl (C=O) groups is 2. The fourth-order valence-electron chi connectivity index (χ4n) is 3.12. The van der Waals surface area contributed by atoms with Gasteiger partial charge in [0, 0.05) is 12.7 Å². The maximum Gasteiger partial charge on any atom is 0.233 e. The second-order valence-corrected chi connectivity index (χ2v) is 6.97. The first-order chi connectivity index (χ1) is 12.6. The van der Waals surface area contributed by atoms with Crippen LogP contribution in [0.3, 0.4) is 0 Å². The van der Waals surface area contributed by atoms with Crippen molar-refractivity contribution >= 4 is 29.3 Å². The van der Waals surface area contributed by atoms with Crippen molar-refractivity contribution in [3.8, 4) is 0 Å². The van der Waals surface area contributed by atoms with E-state index in [9.17, 15) is 14.7 Å². The van der Waals surface area contributed by atoms with Gasteiger partial charge in [-0.3, -0.25) is 9.20 Å². The third kappa shape index (κ3) is 3.03. The number of hydrogen-bond acceptors (Lipinski definition) is 6. The van der Waals surface area contributed by atoms with Crippen LogP contribution in [0.25, 0.3) is 5.65 Å². The molecule has 7 nitrogen and oxygen atoms in total. The first-order valence-corrected chi connectivity index (χ1v) is 9.12. The lowest BCUT2D eigenvalue weighted by atomic mass is 9.94. The molecule has 0 N–H and O–H groups in total. The average molecular weight is 367 g/mol. The van der Waals surface area contributed by atoms with Crippen molar-refractivity contribution in [3.63, 3.8) is 0 Å². The molecule has 0 spiro atoms. The predicted molar refractivity (Wildman–Crippen MR) is 93.2 cm³/mol. The number of carboxylic acid groups (broad SMARTS) is 1. The molecule has 3 aromatic rings. The van der Waals surface area contributed by atoms with Gasteiger partial charge in [0.15, 0.2) is 10.8 Å². The van der Waals surface area contributed by atoms with Gasteiger partial charge in [0.25, 0.3) is 0 Å². The van der Waals surface area contributed by atoms with Gasteiger partial charge in [0.05, 0.1) is 17.8 Å².